The molecular weight excluding hydrogens is 436 g/mol. The molecule has 2 aromatic rings. The molecule has 2 fully saturated rings. The lowest BCUT2D eigenvalue weighted by Gasteiger charge is -2.01. The summed E-state index contributed by atoms with van der Waals surface area (Å²) in [5.74, 6) is -0.339. The van der Waals surface area contributed by atoms with Gasteiger partial charge in [-0.3, -0.25) is 20.2 Å². The van der Waals surface area contributed by atoms with Gasteiger partial charge in [0.2, 0.25) is 0 Å². The average molecular weight is 450 g/mol. The molecule has 2 amide bonds. The molecule has 0 N–H and O–H groups in total. The third-order valence-corrected chi connectivity index (χ3v) is 3.71. The number of furan rings is 2. The minimum absolute atomic E-state index is 0.200. The highest BCUT2D eigenvalue weighted by molar-refractivity contribution is 5.79. The van der Waals surface area contributed by atoms with Crippen molar-refractivity contribution < 1.29 is 37.7 Å². The van der Waals surface area contributed by atoms with Crippen LogP contribution in [0.2, 0.25) is 0 Å². The van der Waals surface area contributed by atoms with E-state index >= 15 is 0 Å². The molecule has 168 valence electrons. The van der Waals surface area contributed by atoms with Gasteiger partial charge in [0.15, 0.2) is 11.5 Å². The van der Waals surface area contributed by atoms with Gasteiger partial charge in [-0.1, -0.05) is 0 Å². The van der Waals surface area contributed by atoms with Crippen molar-refractivity contribution in [3.8, 4) is 0 Å². The Bertz CT molecular complexity index is 989. The smallest absolute Gasteiger partial charge is 0.433 e. The van der Waals surface area contributed by atoms with E-state index < -0.39 is 22.0 Å². The lowest BCUT2D eigenvalue weighted by Crippen LogP contribution is -2.17. The summed E-state index contributed by atoms with van der Waals surface area (Å²) in [5.41, 5.74) is 0. The third kappa shape index (κ3) is 5.65. The maximum atomic E-state index is 11.0. The summed E-state index contributed by atoms with van der Waals surface area (Å²) in [5, 5.41) is 30.4. The zero-order chi connectivity index (χ0) is 23.1. The molecule has 0 bridgehead atoms. The summed E-state index contributed by atoms with van der Waals surface area (Å²) >= 11 is 0. The monoisotopic (exact) mass is 450 g/mol. The van der Waals surface area contributed by atoms with Crippen LogP contribution < -0.4 is 0 Å². The first-order valence-corrected chi connectivity index (χ1v) is 8.78. The Morgan fingerprint density at radius 3 is 1.47 bits per heavy atom. The topological polar surface area (TPSA) is 196 Å². The highest BCUT2D eigenvalue weighted by Gasteiger charge is 2.22. The maximum absolute atomic E-state index is 11.0. The largest absolute Gasteiger partial charge is 0.446 e. The first-order valence-electron chi connectivity index (χ1n) is 8.78. The van der Waals surface area contributed by atoms with Crippen LogP contribution in [0.25, 0.3) is 0 Å². The molecule has 2 aliphatic rings. The van der Waals surface area contributed by atoms with E-state index in [0.717, 1.165) is 10.0 Å². The zero-order valence-corrected chi connectivity index (χ0v) is 16.1. The summed E-state index contributed by atoms with van der Waals surface area (Å²) in [6.45, 7) is 1.29. The van der Waals surface area contributed by atoms with Gasteiger partial charge in [0.25, 0.3) is 0 Å². The van der Waals surface area contributed by atoms with Crippen molar-refractivity contribution in [1.82, 2.24) is 10.0 Å². The highest BCUT2D eigenvalue weighted by Crippen LogP contribution is 2.15. The van der Waals surface area contributed by atoms with E-state index in [1.807, 2.05) is 0 Å². The fourth-order valence-corrected chi connectivity index (χ4v) is 2.25. The zero-order valence-electron chi connectivity index (χ0n) is 16.1. The van der Waals surface area contributed by atoms with Crippen LogP contribution in [0.5, 0.6) is 0 Å². The summed E-state index contributed by atoms with van der Waals surface area (Å²) < 4.78 is 18.9. The number of cyclic esters (lactones) is 2. The van der Waals surface area contributed by atoms with Crippen molar-refractivity contribution in [2.45, 2.75) is 0 Å². The predicted molar refractivity (Wildman–Crippen MR) is 102 cm³/mol. The lowest BCUT2D eigenvalue weighted by molar-refractivity contribution is -0.402. The fourth-order valence-electron chi connectivity index (χ4n) is 2.25. The number of hydrazone groups is 2. The molecule has 0 aliphatic carbocycles. The molecule has 0 spiro atoms. The number of nitrogens with zero attached hydrogens (tertiary/aromatic N) is 6. The lowest BCUT2D eigenvalue weighted by atomic mass is 10.5. The number of hydrogen-bond donors (Lipinski definition) is 0. The molecule has 0 atom stereocenters. The number of ether oxygens (including phenoxy) is 2. The quantitative estimate of drug-likeness (QED) is 0.356. The van der Waals surface area contributed by atoms with Crippen LogP contribution in [0.4, 0.5) is 21.4 Å². The van der Waals surface area contributed by atoms with E-state index in [4.69, 9.17) is 8.83 Å². The molecule has 0 saturated carbocycles. The maximum Gasteiger partial charge on any atom is 0.433 e. The normalized spacial score (nSPS) is 15.8. The van der Waals surface area contributed by atoms with Crippen LogP contribution in [0.1, 0.15) is 11.5 Å². The SMILES string of the molecule is O=C1OCCN1/N=C/c1ccc([N+](=O)[O-])o1.O=C1OCCN1/N=C/c1ccc([N+](=O)[O-])o1. The Kier molecular flexibility index (Phi) is 6.74. The number of hydrogen-bond acceptors (Lipinski definition) is 12. The van der Waals surface area contributed by atoms with Crippen LogP contribution in [0.3, 0.4) is 0 Å². The first kappa shape index (κ1) is 21.9. The second-order valence-electron chi connectivity index (χ2n) is 5.83. The number of amides is 2. The number of carbonyl (C=O) groups is 2. The van der Waals surface area contributed by atoms with E-state index in [1.165, 1.54) is 36.7 Å². The van der Waals surface area contributed by atoms with Gasteiger partial charge < -0.3 is 18.3 Å². The van der Waals surface area contributed by atoms with Crippen LogP contribution in [0, 0.1) is 20.2 Å². The molecule has 32 heavy (non-hydrogen) atoms. The highest BCUT2D eigenvalue weighted by atomic mass is 16.7. The van der Waals surface area contributed by atoms with Crippen molar-refractivity contribution in [3.63, 3.8) is 0 Å². The third-order valence-electron chi connectivity index (χ3n) is 3.71. The van der Waals surface area contributed by atoms with Gasteiger partial charge >= 0.3 is 24.0 Å². The molecule has 2 aromatic heterocycles. The van der Waals surface area contributed by atoms with Gasteiger partial charge in [-0.2, -0.15) is 20.2 Å². The molecular formula is C16H14N6O10. The van der Waals surface area contributed by atoms with Gasteiger partial charge in [-0.05, 0) is 12.1 Å². The summed E-state index contributed by atoms with van der Waals surface area (Å²) in [6.07, 6.45) is 1.36. The van der Waals surface area contributed by atoms with Gasteiger partial charge in [0.05, 0.1) is 37.7 Å². The van der Waals surface area contributed by atoms with Gasteiger partial charge in [-0.15, -0.1) is 0 Å². The molecule has 2 saturated heterocycles. The molecule has 0 radical (unpaired) electrons. The standard InChI is InChI=1S/2C8H7N3O5/c2*12-8-10(3-4-15-8)9-5-6-1-2-7(16-6)11(13)14/h2*1-2,5H,3-4H2/b2*9-5+. The molecule has 4 rings (SSSR count). The number of nitro groups is 2. The Morgan fingerprint density at radius 2 is 1.19 bits per heavy atom. The van der Waals surface area contributed by atoms with Crippen molar-refractivity contribution in [1.29, 1.82) is 0 Å². The Hall–Kier alpha value is -4.76. The molecule has 4 heterocycles. The van der Waals surface area contributed by atoms with Crippen LogP contribution in [-0.4, -0.2) is 70.8 Å². The molecule has 16 heteroatoms. The van der Waals surface area contributed by atoms with Crippen molar-refractivity contribution in [2.75, 3.05) is 26.3 Å². The predicted octanol–water partition coefficient (Wildman–Crippen LogP) is 1.95. The molecule has 2 aliphatic heterocycles. The first-order chi connectivity index (χ1) is 15.3. The second-order valence-corrected chi connectivity index (χ2v) is 5.83. The summed E-state index contributed by atoms with van der Waals surface area (Å²) in [6, 6.07) is 5.21. The minimum atomic E-state index is -0.651. The second kappa shape index (κ2) is 9.83. The summed E-state index contributed by atoms with van der Waals surface area (Å²) in [7, 11) is 0. The van der Waals surface area contributed by atoms with E-state index in [1.54, 1.807) is 0 Å². The molecule has 0 unspecified atom stereocenters. The van der Waals surface area contributed by atoms with Crippen LogP contribution in [-0.2, 0) is 9.47 Å². The molecule has 0 aromatic carbocycles. The minimum Gasteiger partial charge on any atom is -0.446 e. The van der Waals surface area contributed by atoms with E-state index in [9.17, 15) is 29.8 Å². The van der Waals surface area contributed by atoms with E-state index in [2.05, 4.69) is 19.7 Å². The summed E-state index contributed by atoms with van der Waals surface area (Å²) in [4.78, 5) is 41.2. The van der Waals surface area contributed by atoms with E-state index in [0.29, 0.717) is 13.1 Å². The van der Waals surface area contributed by atoms with Gasteiger partial charge in [0.1, 0.15) is 23.1 Å². The van der Waals surface area contributed by atoms with E-state index in [-0.39, 0.29) is 36.5 Å². The Labute approximate surface area is 177 Å². The Balaban J connectivity index is 0.000000181. The van der Waals surface area contributed by atoms with Crippen molar-refractivity contribution in [3.05, 3.63) is 56.0 Å². The average Bonchev–Trinajstić information content (AvgIpc) is 3.54. The number of carbonyl (C=O) groups excluding carboxylic acids is 2. The van der Waals surface area contributed by atoms with Crippen LogP contribution >= 0.6 is 0 Å². The van der Waals surface area contributed by atoms with Gasteiger partial charge in [0, 0.05) is 0 Å². The van der Waals surface area contributed by atoms with Crippen LogP contribution in [0.15, 0.2) is 43.3 Å². The number of rotatable bonds is 6. The van der Waals surface area contributed by atoms with Crippen molar-refractivity contribution >= 4 is 36.4 Å². The fraction of sp³-hybridized carbons (Fsp3) is 0.250. The van der Waals surface area contributed by atoms with Crippen molar-refractivity contribution in [2.24, 2.45) is 10.2 Å². The van der Waals surface area contributed by atoms with Gasteiger partial charge in [-0.25, -0.2) is 9.59 Å². The Morgan fingerprint density at radius 1 is 0.781 bits per heavy atom. The molecule has 16 nitrogen and oxygen atoms in total.